The number of hydrogen-bond donors (Lipinski definition) is 0. The van der Waals surface area contributed by atoms with E-state index in [-0.39, 0.29) is 5.41 Å². The van der Waals surface area contributed by atoms with Crippen molar-refractivity contribution < 1.29 is 8.83 Å². The molecule has 67 heavy (non-hydrogen) atoms. The van der Waals surface area contributed by atoms with Gasteiger partial charge in [-0.25, -0.2) is 0 Å². The van der Waals surface area contributed by atoms with E-state index in [1.807, 2.05) is 33.8 Å². The standard InChI is InChI=1S/C39H32O.C19H16O.C3H8.2C2H6/c1-39(2)35-22-20-28(27-17-15-26(16-18-27)25-9-4-3-5-10-25)23-34(35)31-21-19-29(24-36(31)39)30-12-8-13-33-32-11-6-7-14-37(32)40-38(30)33;1-13-9-11-14(12-10-13)15-6-4-8-18-19(15)16-5-2-3-7-17(16)20-18;1-3-2;2*1-2/h3-4,6-9,11-19,21,23-24H,5,10,20,22H2,1-2H3;3-4,6-12H,2,5H2,1H3;3H2,1-2H3;2*1-2H3. The minimum absolute atomic E-state index is 0.00924. The third-order valence-electron chi connectivity index (χ3n) is 13.4. The third-order valence-corrected chi connectivity index (χ3v) is 13.4. The van der Waals surface area contributed by atoms with Crippen molar-refractivity contribution in [2.75, 3.05) is 0 Å². The van der Waals surface area contributed by atoms with Crippen LogP contribution in [0, 0.1) is 6.92 Å². The minimum Gasteiger partial charge on any atom is -0.456 e. The van der Waals surface area contributed by atoms with Crippen molar-refractivity contribution in [1.82, 2.24) is 0 Å². The molecule has 0 amide bonds. The Morgan fingerprint density at radius 3 is 1.94 bits per heavy atom. The molecule has 8 aromatic rings. The molecule has 0 bridgehead atoms. The molecule has 0 unspecified atom stereocenters. The predicted molar refractivity (Wildman–Crippen MR) is 292 cm³/mol. The number of allylic oxidation sites excluding steroid dienone is 9. The lowest BCUT2D eigenvalue weighted by Crippen LogP contribution is -2.18. The zero-order valence-electron chi connectivity index (χ0n) is 41.4. The summed E-state index contributed by atoms with van der Waals surface area (Å²) in [7, 11) is 0. The number of benzene rings is 6. The van der Waals surface area contributed by atoms with E-state index >= 15 is 0 Å². The van der Waals surface area contributed by atoms with Gasteiger partial charge in [-0.3, -0.25) is 0 Å². The smallest absolute Gasteiger partial charge is 0.143 e. The zero-order valence-corrected chi connectivity index (χ0v) is 41.4. The summed E-state index contributed by atoms with van der Waals surface area (Å²) in [6.07, 6.45) is 21.4. The van der Waals surface area contributed by atoms with Crippen LogP contribution < -0.4 is 0 Å². The van der Waals surface area contributed by atoms with Crippen molar-refractivity contribution in [3.63, 3.8) is 0 Å². The molecule has 2 heteroatoms. The van der Waals surface area contributed by atoms with Gasteiger partial charge in [-0.2, -0.15) is 0 Å². The van der Waals surface area contributed by atoms with E-state index in [1.165, 1.54) is 89.4 Å². The number of aryl methyl sites for hydroxylation is 2. The summed E-state index contributed by atoms with van der Waals surface area (Å²) in [5.74, 6) is 1.03. The second kappa shape index (κ2) is 20.9. The quantitative estimate of drug-likeness (QED) is 0.176. The molecule has 4 aliphatic rings. The molecular weight excluding hydrogens is 813 g/mol. The largest absolute Gasteiger partial charge is 0.456 e. The first-order chi connectivity index (χ1) is 32.8. The predicted octanol–water partition coefficient (Wildman–Crippen LogP) is 19.7. The summed E-state index contributed by atoms with van der Waals surface area (Å²) in [5, 5.41) is 3.65. The maximum atomic E-state index is 6.39. The molecule has 0 N–H and O–H groups in total. The van der Waals surface area contributed by atoms with E-state index in [1.54, 1.807) is 5.57 Å². The summed E-state index contributed by atoms with van der Waals surface area (Å²) in [4.78, 5) is 0. The molecule has 0 saturated carbocycles. The van der Waals surface area contributed by atoms with Crippen LogP contribution in [0.4, 0.5) is 0 Å². The second-order valence-corrected chi connectivity index (χ2v) is 18.1. The SMILES string of the molecule is CC.CC.CC1(C)C2=C(C=C(c3ccc(C4=CC=CCC4)cc3)CC2)c2ccc(-c3cccc4c3oc3ccccc34)cc21.CCC.Cc1ccc(-c2cccc3oc4c(c23)CCC=C4)cc1. The highest BCUT2D eigenvalue weighted by molar-refractivity contribution is 6.09. The Labute approximate surface area is 400 Å². The molecule has 2 aromatic heterocycles. The topological polar surface area (TPSA) is 26.3 Å². The summed E-state index contributed by atoms with van der Waals surface area (Å²) >= 11 is 0. The molecule has 2 nitrogen and oxygen atoms in total. The van der Waals surface area contributed by atoms with Crippen molar-refractivity contribution in [2.24, 2.45) is 0 Å². The molecule has 2 heterocycles. The van der Waals surface area contributed by atoms with Crippen molar-refractivity contribution in [3.05, 3.63) is 202 Å². The molecule has 340 valence electrons. The van der Waals surface area contributed by atoms with Gasteiger partial charge < -0.3 is 8.83 Å². The van der Waals surface area contributed by atoms with Crippen LogP contribution in [0.15, 0.2) is 172 Å². The Morgan fingerprint density at radius 2 is 1.19 bits per heavy atom. The minimum atomic E-state index is 0.00924. The van der Waals surface area contributed by atoms with E-state index < -0.39 is 0 Å². The van der Waals surface area contributed by atoms with E-state index in [2.05, 4.69) is 192 Å². The molecule has 0 aliphatic heterocycles. The number of fused-ring (bicyclic) bond motifs is 8. The summed E-state index contributed by atoms with van der Waals surface area (Å²) < 4.78 is 12.4. The van der Waals surface area contributed by atoms with Gasteiger partial charge in [0, 0.05) is 32.7 Å². The average molecular weight is 881 g/mol. The maximum absolute atomic E-state index is 6.39. The lowest BCUT2D eigenvalue weighted by molar-refractivity contribution is 0.595. The molecule has 0 radical (unpaired) electrons. The highest BCUT2D eigenvalue weighted by atomic mass is 16.3. The Bertz CT molecular complexity index is 3170. The first kappa shape index (κ1) is 46.9. The lowest BCUT2D eigenvalue weighted by Gasteiger charge is -2.27. The van der Waals surface area contributed by atoms with Crippen LogP contribution in [0.1, 0.15) is 133 Å². The van der Waals surface area contributed by atoms with Crippen molar-refractivity contribution in [1.29, 1.82) is 0 Å². The summed E-state index contributed by atoms with van der Waals surface area (Å²) in [5.41, 5.74) is 21.9. The van der Waals surface area contributed by atoms with Gasteiger partial charge in [-0.05, 0) is 125 Å². The molecular formula is C65H68O2. The van der Waals surface area contributed by atoms with E-state index in [0.717, 1.165) is 66.6 Å². The first-order valence-electron chi connectivity index (χ1n) is 25.1. The van der Waals surface area contributed by atoms with Gasteiger partial charge in [-0.15, -0.1) is 0 Å². The second-order valence-electron chi connectivity index (χ2n) is 18.1. The highest BCUT2D eigenvalue weighted by Crippen LogP contribution is 2.53. The number of rotatable bonds is 4. The highest BCUT2D eigenvalue weighted by Gasteiger charge is 2.38. The molecule has 12 rings (SSSR count). The van der Waals surface area contributed by atoms with Gasteiger partial charge in [0.1, 0.15) is 22.5 Å². The van der Waals surface area contributed by atoms with Gasteiger partial charge in [0.05, 0.1) is 0 Å². The van der Waals surface area contributed by atoms with Crippen molar-refractivity contribution in [3.8, 4) is 22.3 Å². The Morgan fingerprint density at radius 1 is 0.552 bits per heavy atom. The third kappa shape index (κ3) is 9.24. The summed E-state index contributed by atoms with van der Waals surface area (Å²) in [6, 6.07) is 46.3. The van der Waals surface area contributed by atoms with Crippen LogP contribution in [-0.2, 0) is 11.8 Å². The van der Waals surface area contributed by atoms with Gasteiger partial charge in [-0.1, -0.05) is 213 Å². The van der Waals surface area contributed by atoms with Crippen LogP contribution in [0.5, 0.6) is 0 Å². The fraction of sp³-hybridized carbons (Fsp3) is 0.262. The average Bonchev–Trinajstić information content (AvgIpc) is 4.03. The Balaban J connectivity index is 0.000000188. The van der Waals surface area contributed by atoms with E-state index in [4.69, 9.17) is 8.83 Å². The van der Waals surface area contributed by atoms with Gasteiger partial charge in [0.15, 0.2) is 0 Å². The Hall–Kier alpha value is -6.64. The molecule has 4 aliphatic carbocycles. The van der Waals surface area contributed by atoms with Gasteiger partial charge in [0.25, 0.3) is 0 Å². The monoisotopic (exact) mass is 881 g/mol. The van der Waals surface area contributed by atoms with Gasteiger partial charge >= 0.3 is 0 Å². The number of hydrogen-bond acceptors (Lipinski definition) is 2. The Kier molecular flexibility index (Phi) is 14.6. The number of para-hydroxylation sites is 2. The van der Waals surface area contributed by atoms with Crippen molar-refractivity contribution in [2.45, 2.75) is 113 Å². The molecule has 6 aromatic carbocycles. The zero-order chi connectivity index (χ0) is 47.1. The molecule has 0 saturated heterocycles. The fourth-order valence-corrected chi connectivity index (χ4v) is 10.2. The fourth-order valence-electron chi connectivity index (χ4n) is 10.2. The maximum Gasteiger partial charge on any atom is 0.143 e. The first-order valence-corrected chi connectivity index (χ1v) is 25.1. The van der Waals surface area contributed by atoms with E-state index in [0.29, 0.717) is 0 Å². The van der Waals surface area contributed by atoms with Crippen LogP contribution in [0.3, 0.4) is 0 Å². The van der Waals surface area contributed by atoms with Gasteiger partial charge in [0.2, 0.25) is 0 Å². The lowest BCUT2D eigenvalue weighted by atomic mass is 9.76. The number of furan rings is 2. The normalized spacial score (nSPS) is 15.1. The van der Waals surface area contributed by atoms with Crippen LogP contribution >= 0.6 is 0 Å². The van der Waals surface area contributed by atoms with Crippen molar-refractivity contribution >= 4 is 55.7 Å². The van der Waals surface area contributed by atoms with Crippen LogP contribution in [0.25, 0.3) is 78.0 Å². The van der Waals surface area contributed by atoms with E-state index in [9.17, 15) is 0 Å². The molecule has 0 atom stereocenters. The van der Waals surface area contributed by atoms with Crippen LogP contribution in [0.2, 0.25) is 0 Å². The molecule has 0 fully saturated rings. The molecule has 0 spiro atoms. The summed E-state index contributed by atoms with van der Waals surface area (Å²) in [6.45, 7) is 19.2. The van der Waals surface area contributed by atoms with Crippen LogP contribution in [-0.4, -0.2) is 0 Å².